The van der Waals surface area contributed by atoms with Crippen LogP contribution in [0.25, 0.3) is 32.7 Å². The molecule has 9 nitrogen and oxygen atoms in total. The van der Waals surface area contributed by atoms with Gasteiger partial charge < -0.3 is 16.4 Å². The summed E-state index contributed by atoms with van der Waals surface area (Å²) in [5, 5.41) is 19.1. The second-order valence-corrected chi connectivity index (χ2v) is 9.54. The Morgan fingerprint density at radius 2 is 1.89 bits per heavy atom. The Morgan fingerprint density at radius 3 is 2.71 bits per heavy atom. The minimum atomic E-state index is 0.458. The van der Waals surface area contributed by atoms with E-state index < -0.39 is 0 Å². The summed E-state index contributed by atoms with van der Waals surface area (Å²) in [4.78, 5) is 18.0. The van der Waals surface area contributed by atoms with Gasteiger partial charge in [0.1, 0.15) is 34.5 Å². The summed E-state index contributed by atoms with van der Waals surface area (Å²) < 4.78 is 0. The fourth-order valence-corrected chi connectivity index (χ4v) is 5.01. The van der Waals surface area contributed by atoms with Gasteiger partial charge in [-0.1, -0.05) is 23.5 Å². The molecule has 1 saturated carbocycles. The summed E-state index contributed by atoms with van der Waals surface area (Å²) in [7, 11) is 1.83. The Kier molecular flexibility index (Phi) is 5.22. The Labute approximate surface area is 205 Å². The van der Waals surface area contributed by atoms with Crippen molar-refractivity contribution in [1.29, 1.82) is 0 Å². The van der Waals surface area contributed by atoms with Crippen LogP contribution in [0.5, 0.6) is 0 Å². The highest BCUT2D eigenvalue weighted by molar-refractivity contribution is 7.14. The van der Waals surface area contributed by atoms with Crippen LogP contribution in [0.4, 0.5) is 23.1 Å². The number of rotatable bonds is 6. The molecule has 0 radical (unpaired) electrons. The summed E-state index contributed by atoms with van der Waals surface area (Å²) in [6.07, 6.45) is 5.67. The lowest BCUT2D eigenvalue weighted by molar-refractivity contribution is 0.976. The molecule has 4 aromatic heterocycles. The zero-order valence-corrected chi connectivity index (χ0v) is 20.1. The van der Waals surface area contributed by atoms with Gasteiger partial charge in [0.05, 0.1) is 11.4 Å². The van der Waals surface area contributed by atoms with E-state index in [0.29, 0.717) is 17.6 Å². The van der Waals surface area contributed by atoms with Crippen LogP contribution in [-0.4, -0.2) is 37.2 Å². The lowest BCUT2D eigenvalue weighted by Gasteiger charge is -2.16. The van der Waals surface area contributed by atoms with Crippen LogP contribution >= 0.6 is 11.3 Å². The van der Waals surface area contributed by atoms with E-state index in [2.05, 4.69) is 47.7 Å². The second kappa shape index (κ2) is 8.55. The molecule has 1 aliphatic carbocycles. The molecule has 0 bridgehead atoms. The highest BCUT2D eigenvalue weighted by Gasteiger charge is 2.28. The third-order valence-electron chi connectivity index (χ3n) is 6.09. The van der Waals surface area contributed by atoms with Crippen molar-refractivity contribution in [2.24, 2.45) is 0 Å². The van der Waals surface area contributed by atoms with Gasteiger partial charge in [0.2, 0.25) is 0 Å². The fourth-order valence-electron chi connectivity index (χ4n) is 4.04. The normalized spacial score (nSPS) is 13.2. The number of benzene rings is 1. The van der Waals surface area contributed by atoms with E-state index in [1.54, 1.807) is 17.5 Å². The Bertz CT molecular complexity index is 1560. The lowest BCUT2D eigenvalue weighted by atomic mass is 10.0. The molecule has 1 aliphatic rings. The highest BCUT2D eigenvalue weighted by atomic mass is 32.1. The number of nitrogens with zero attached hydrogens (tertiary/aromatic N) is 6. The molecule has 4 N–H and O–H groups in total. The van der Waals surface area contributed by atoms with Crippen LogP contribution in [0.1, 0.15) is 29.3 Å². The zero-order chi connectivity index (χ0) is 23.9. The van der Waals surface area contributed by atoms with E-state index in [1.165, 1.54) is 19.2 Å². The smallest absolute Gasteiger partial charge is 0.166 e. The predicted octanol–water partition coefficient (Wildman–Crippen LogP) is 5.16. The first-order chi connectivity index (χ1) is 17.1. The van der Waals surface area contributed by atoms with Crippen molar-refractivity contribution in [3.05, 3.63) is 59.5 Å². The maximum absolute atomic E-state index is 6.42. The number of aromatic nitrogens is 6. The average molecular weight is 482 g/mol. The minimum absolute atomic E-state index is 0.458. The van der Waals surface area contributed by atoms with Crippen molar-refractivity contribution in [1.82, 2.24) is 30.1 Å². The molecule has 1 aromatic carbocycles. The van der Waals surface area contributed by atoms with Gasteiger partial charge in [0, 0.05) is 41.6 Å². The summed E-state index contributed by atoms with van der Waals surface area (Å²) in [5.74, 6) is 2.43. The summed E-state index contributed by atoms with van der Waals surface area (Å²) >= 11 is 1.60. The zero-order valence-electron chi connectivity index (χ0n) is 19.3. The van der Waals surface area contributed by atoms with Crippen LogP contribution in [-0.2, 0) is 0 Å². The van der Waals surface area contributed by atoms with Crippen LogP contribution in [0, 0.1) is 6.92 Å². The fraction of sp³-hybridized carbons (Fsp3) is 0.200. The van der Waals surface area contributed by atoms with Gasteiger partial charge >= 0.3 is 0 Å². The molecule has 0 unspecified atom stereocenters. The molecule has 174 valence electrons. The van der Waals surface area contributed by atoms with Crippen molar-refractivity contribution < 1.29 is 0 Å². The summed E-state index contributed by atoms with van der Waals surface area (Å²) in [6, 6.07) is 11.8. The first kappa shape index (κ1) is 21.4. The first-order valence-electron chi connectivity index (χ1n) is 11.4. The molecule has 35 heavy (non-hydrogen) atoms. The molecule has 0 spiro atoms. The van der Waals surface area contributed by atoms with Crippen LogP contribution in [0.2, 0.25) is 0 Å². The average Bonchev–Trinajstić information content (AvgIpc) is 3.62. The van der Waals surface area contributed by atoms with Gasteiger partial charge in [-0.05, 0) is 43.5 Å². The predicted molar refractivity (Wildman–Crippen MR) is 140 cm³/mol. The third-order valence-corrected chi connectivity index (χ3v) is 7.20. The standard InChI is InChI=1S/C25H23N9S/c1-13-5-8-15-17(10-19(31-22(15)26)25-34-33-24(35-25)14-6-7-14)21(13)32-23-16(4-3-9-28-23)18-11-20(27-2)30-12-29-18/h3-5,8-12,14H,6-7H2,1-2H3,(H2,26,31)(H,28,32)(H,27,29,30). The number of anilines is 4. The SMILES string of the molecule is CNc1cc(-c2cccnc2Nc2c(C)ccc3c(N)nc(-c4nnc(C5CC5)s4)cc23)ncn1. The molecule has 4 heterocycles. The van der Waals surface area contributed by atoms with Crippen LogP contribution in [0.3, 0.4) is 0 Å². The van der Waals surface area contributed by atoms with Gasteiger partial charge in [-0.15, -0.1) is 10.2 Å². The monoisotopic (exact) mass is 481 g/mol. The van der Waals surface area contributed by atoms with Crippen molar-refractivity contribution in [3.63, 3.8) is 0 Å². The maximum atomic E-state index is 6.42. The third kappa shape index (κ3) is 4.01. The van der Waals surface area contributed by atoms with E-state index in [-0.39, 0.29) is 0 Å². The quantitative estimate of drug-likeness (QED) is 0.301. The molecule has 5 aromatic rings. The topological polar surface area (TPSA) is 127 Å². The molecule has 6 rings (SSSR count). The van der Waals surface area contributed by atoms with Gasteiger partial charge in [-0.3, -0.25) is 0 Å². The molecule has 0 saturated heterocycles. The number of fused-ring (bicyclic) bond motifs is 1. The lowest BCUT2D eigenvalue weighted by Crippen LogP contribution is -2.02. The maximum Gasteiger partial charge on any atom is 0.166 e. The van der Waals surface area contributed by atoms with E-state index in [1.807, 2.05) is 43.4 Å². The summed E-state index contributed by atoms with van der Waals surface area (Å²) in [6.45, 7) is 2.06. The first-order valence-corrected chi connectivity index (χ1v) is 12.2. The minimum Gasteiger partial charge on any atom is -0.383 e. The Hall–Kier alpha value is -4.18. The molecule has 0 aliphatic heterocycles. The molecular formula is C25H23N9S. The van der Waals surface area contributed by atoms with Gasteiger partial charge in [-0.25, -0.2) is 19.9 Å². The van der Waals surface area contributed by atoms with Gasteiger partial charge in [0.25, 0.3) is 0 Å². The van der Waals surface area contributed by atoms with E-state index in [0.717, 1.165) is 54.8 Å². The highest BCUT2D eigenvalue weighted by Crippen LogP contribution is 2.43. The number of nitrogens with two attached hydrogens (primary N) is 1. The van der Waals surface area contributed by atoms with Crippen LogP contribution < -0.4 is 16.4 Å². The molecular weight excluding hydrogens is 458 g/mol. The summed E-state index contributed by atoms with van der Waals surface area (Å²) in [5.41, 5.74) is 10.7. The van der Waals surface area contributed by atoms with Crippen LogP contribution in [0.15, 0.2) is 48.9 Å². The van der Waals surface area contributed by atoms with Crippen molar-refractivity contribution in [2.75, 3.05) is 23.4 Å². The molecule has 0 amide bonds. The van der Waals surface area contributed by atoms with E-state index in [4.69, 9.17) is 5.73 Å². The number of nitrogens with one attached hydrogen (secondary N) is 2. The van der Waals surface area contributed by atoms with E-state index in [9.17, 15) is 0 Å². The molecule has 10 heteroatoms. The van der Waals surface area contributed by atoms with E-state index >= 15 is 0 Å². The second-order valence-electron chi connectivity index (χ2n) is 8.53. The largest absolute Gasteiger partial charge is 0.383 e. The number of hydrogen-bond donors (Lipinski definition) is 3. The Balaban J connectivity index is 1.46. The van der Waals surface area contributed by atoms with Gasteiger partial charge in [0.15, 0.2) is 5.01 Å². The molecule has 1 fully saturated rings. The van der Waals surface area contributed by atoms with Crippen molar-refractivity contribution in [2.45, 2.75) is 25.7 Å². The molecule has 0 atom stereocenters. The van der Waals surface area contributed by atoms with Crippen molar-refractivity contribution in [3.8, 4) is 22.0 Å². The number of nitrogen functional groups attached to an aromatic ring is 1. The van der Waals surface area contributed by atoms with Gasteiger partial charge in [-0.2, -0.15) is 0 Å². The number of pyridine rings is 2. The Morgan fingerprint density at radius 1 is 1.00 bits per heavy atom. The number of aryl methyl sites for hydroxylation is 1. The number of hydrogen-bond acceptors (Lipinski definition) is 10. The van der Waals surface area contributed by atoms with Crippen molar-refractivity contribution >= 4 is 45.3 Å².